The zero-order valence-electron chi connectivity index (χ0n) is 18.7. The maximum Gasteiger partial charge on any atom is 0.245 e. The number of nitrogens with two attached hydrogens (primary N) is 1. The maximum absolute atomic E-state index is 13.9. The van der Waals surface area contributed by atoms with Crippen molar-refractivity contribution in [2.24, 2.45) is 0 Å². The van der Waals surface area contributed by atoms with E-state index in [-0.39, 0.29) is 22.9 Å². The van der Waals surface area contributed by atoms with Crippen LogP contribution in [-0.4, -0.2) is 20.7 Å². The third-order valence-electron chi connectivity index (χ3n) is 5.88. The normalized spacial score (nSPS) is 11.9. The second-order valence-electron chi connectivity index (χ2n) is 7.85. The van der Waals surface area contributed by atoms with Crippen molar-refractivity contribution in [3.63, 3.8) is 0 Å². The van der Waals surface area contributed by atoms with Gasteiger partial charge < -0.3 is 5.73 Å². The number of hydrogen-bond acceptors (Lipinski definition) is 7. The number of thioether (sulfide) groups is 1. The third-order valence-corrected chi connectivity index (χ3v) is 8.11. The molecule has 35 heavy (non-hydrogen) atoms. The first-order valence-corrected chi connectivity index (χ1v) is 12.7. The number of aromatic nitrogens is 2. The van der Waals surface area contributed by atoms with Crippen molar-refractivity contribution in [1.82, 2.24) is 9.55 Å². The van der Waals surface area contributed by atoms with Crippen LogP contribution in [0.4, 0.5) is 5.82 Å². The van der Waals surface area contributed by atoms with E-state index in [1.54, 1.807) is 4.57 Å². The van der Waals surface area contributed by atoms with Crippen LogP contribution in [0.5, 0.6) is 0 Å². The Morgan fingerprint density at radius 2 is 1.66 bits per heavy atom. The first kappa shape index (κ1) is 22.7. The van der Waals surface area contributed by atoms with Gasteiger partial charge in [-0.1, -0.05) is 61.2 Å². The Morgan fingerprint density at radius 1 is 1.03 bits per heavy atom. The smallest absolute Gasteiger partial charge is 0.245 e. The monoisotopic (exact) mass is 493 g/mol. The topological polar surface area (TPSA) is 108 Å². The summed E-state index contributed by atoms with van der Waals surface area (Å²) in [5, 5.41) is 23.5. The average molecular weight is 494 g/mol. The minimum absolute atomic E-state index is 0.0524. The predicted octanol–water partition coefficient (Wildman–Crippen LogP) is 6.45. The molecule has 2 N–H and O–H groups in total. The third kappa shape index (κ3) is 3.74. The molecule has 0 saturated carbocycles. The lowest BCUT2D eigenvalue weighted by atomic mass is 10.0. The van der Waals surface area contributed by atoms with Gasteiger partial charge in [0.05, 0.1) is 21.8 Å². The number of thiophene rings is 1. The molecule has 0 aliphatic rings. The van der Waals surface area contributed by atoms with E-state index in [1.165, 1.54) is 23.1 Å². The van der Waals surface area contributed by atoms with Crippen molar-refractivity contribution in [2.75, 3.05) is 5.73 Å². The molecule has 5 rings (SSSR count). The number of fused-ring (bicyclic) bond motifs is 3. The summed E-state index contributed by atoms with van der Waals surface area (Å²) < 4.78 is 1.76. The Balaban J connectivity index is 1.64. The number of rotatable bonds is 5. The van der Waals surface area contributed by atoms with Crippen LogP contribution in [0.2, 0.25) is 0 Å². The van der Waals surface area contributed by atoms with Crippen molar-refractivity contribution in [3.05, 3.63) is 77.2 Å². The molecule has 0 aliphatic heterocycles. The summed E-state index contributed by atoms with van der Waals surface area (Å²) >= 11 is 2.64. The quantitative estimate of drug-likeness (QED) is 0.282. The van der Waals surface area contributed by atoms with Crippen LogP contribution < -0.4 is 5.73 Å². The number of benzene rings is 2. The van der Waals surface area contributed by atoms with E-state index < -0.39 is 5.25 Å². The molecule has 3 aromatic heterocycles. The lowest BCUT2D eigenvalue weighted by Gasteiger charge is -2.18. The largest absolute Gasteiger partial charge is 0.383 e. The summed E-state index contributed by atoms with van der Waals surface area (Å²) in [4.78, 5) is 19.1. The zero-order valence-corrected chi connectivity index (χ0v) is 20.4. The number of carbonyl (C=O) groups excluding carboxylic acids is 1. The maximum atomic E-state index is 13.9. The van der Waals surface area contributed by atoms with Gasteiger partial charge in [-0.3, -0.25) is 9.36 Å². The zero-order chi connectivity index (χ0) is 24.5. The molecule has 0 aliphatic carbocycles. The van der Waals surface area contributed by atoms with Gasteiger partial charge in [0.2, 0.25) is 5.91 Å². The Labute approximate surface area is 210 Å². The average Bonchev–Trinajstić information content (AvgIpc) is 3.53. The van der Waals surface area contributed by atoms with Crippen LogP contribution in [0, 0.1) is 22.7 Å². The second kappa shape index (κ2) is 9.27. The summed E-state index contributed by atoms with van der Waals surface area (Å²) in [5.41, 5.74) is 8.74. The van der Waals surface area contributed by atoms with Gasteiger partial charge >= 0.3 is 0 Å². The molecule has 0 amide bonds. The van der Waals surface area contributed by atoms with Crippen LogP contribution in [0.25, 0.3) is 32.2 Å². The number of carbonyl (C=O) groups is 1. The molecule has 0 saturated heterocycles. The Kier molecular flexibility index (Phi) is 6.00. The van der Waals surface area contributed by atoms with E-state index in [4.69, 9.17) is 5.73 Å². The van der Waals surface area contributed by atoms with E-state index in [2.05, 4.69) is 17.1 Å². The Morgan fingerprint density at radius 3 is 2.20 bits per heavy atom. The highest BCUT2D eigenvalue weighted by Gasteiger charge is 2.28. The Hall–Kier alpha value is -4.11. The van der Waals surface area contributed by atoms with Gasteiger partial charge in [-0.15, -0.1) is 11.3 Å². The van der Waals surface area contributed by atoms with Gasteiger partial charge in [0.1, 0.15) is 28.5 Å². The fraction of sp³-hybridized carbons (Fsp3) is 0.111. The number of nitrogen functional groups attached to an aromatic ring is 1. The molecule has 5 aromatic rings. The molecule has 3 heterocycles. The summed E-state index contributed by atoms with van der Waals surface area (Å²) in [6.45, 7) is 1.93. The van der Waals surface area contributed by atoms with Crippen LogP contribution in [0.15, 0.2) is 71.1 Å². The first-order valence-electron chi connectivity index (χ1n) is 11.0. The summed E-state index contributed by atoms with van der Waals surface area (Å²) in [6, 6.07) is 23.7. The molecule has 6 nitrogen and oxygen atoms in total. The number of nitrogens with zero attached hydrogens (tertiary/aromatic N) is 4. The molecule has 1 atom stereocenters. The molecule has 170 valence electrons. The summed E-state index contributed by atoms with van der Waals surface area (Å²) in [5.74, 6) is -0.0437. The number of anilines is 1. The predicted molar refractivity (Wildman–Crippen MR) is 141 cm³/mol. The van der Waals surface area contributed by atoms with Gasteiger partial charge in [0, 0.05) is 21.2 Å². The van der Waals surface area contributed by atoms with E-state index in [0.717, 1.165) is 26.7 Å². The van der Waals surface area contributed by atoms with Crippen molar-refractivity contribution < 1.29 is 4.79 Å². The number of hydrogen-bond donors (Lipinski definition) is 1. The molecular weight excluding hydrogens is 474 g/mol. The van der Waals surface area contributed by atoms with E-state index in [0.29, 0.717) is 17.0 Å². The van der Waals surface area contributed by atoms with Gasteiger partial charge in [-0.05, 0) is 30.0 Å². The van der Waals surface area contributed by atoms with Crippen LogP contribution in [0.3, 0.4) is 0 Å². The van der Waals surface area contributed by atoms with E-state index >= 15 is 0 Å². The standard InChI is InChI=1S/C27H19N5OS2/c1-2-22(27(33)32-20-10-5-3-8-16(20)17-9-4-6-11-21(17)32)35-26-19(15-29)24(23-12-7-13-34-23)18(14-28)25(30)31-26/h3-13,22H,2H2,1H3,(H2,30,31). The van der Waals surface area contributed by atoms with Gasteiger partial charge in [0.25, 0.3) is 0 Å². The number of para-hydroxylation sites is 2. The minimum atomic E-state index is -0.516. The molecule has 0 fully saturated rings. The summed E-state index contributed by atoms with van der Waals surface area (Å²) in [6.07, 6.45) is 0.519. The second-order valence-corrected chi connectivity index (χ2v) is 9.99. The molecule has 0 spiro atoms. The van der Waals surface area contributed by atoms with Crippen LogP contribution in [0.1, 0.15) is 29.3 Å². The fourth-order valence-electron chi connectivity index (χ4n) is 4.30. The molecule has 0 bridgehead atoms. The highest BCUT2D eigenvalue weighted by Crippen LogP contribution is 2.40. The van der Waals surface area contributed by atoms with Gasteiger partial charge in [-0.25, -0.2) is 4.98 Å². The van der Waals surface area contributed by atoms with Crippen molar-refractivity contribution in [3.8, 4) is 22.6 Å². The summed E-state index contributed by atoms with van der Waals surface area (Å²) in [7, 11) is 0. The van der Waals surface area contributed by atoms with Crippen molar-refractivity contribution in [1.29, 1.82) is 10.5 Å². The lowest BCUT2D eigenvalue weighted by Crippen LogP contribution is -2.24. The molecule has 1 unspecified atom stereocenters. The highest BCUT2D eigenvalue weighted by molar-refractivity contribution is 8.00. The van der Waals surface area contributed by atoms with Crippen molar-refractivity contribution in [2.45, 2.75) is 23.6 Å². The van der Waals surface area contributed by atoms with Crippen LogP contribution >= 0.6 is 23.1 Å². The van der Waals surface area contributed by atoms with Gasteiger partial charge in [0.15, 0.2) is 0 Å². The van der Waals surface area contributed by atoms with E-state index in [1.807, 2.05) is 73.0 Å². The SMILES string of the molecule is CCC(Sc1nc(N)c(C#N)c(-c2cccs2)c1C#N)C(=O)n1c2ccccc2c2ccccc21. The molecular formula is C27H19N5OS2. The highest BCUT2D eigenvalue weighted by atomic mass is 32.2. The molecule has 2 aromatic carbocycles. The minimum Gasteiger partial charge on any atom is -0.383 e. The fourth-order valence-corrected chi connectivity index (χ4v) is 6.14. The van der Waals surface area contributed by atoms with Crippen molar-refractivity contribution >= 4 is 56.6 Å². The number of pyridine rings is 1. The molecule has 8 heteroatoms. The van der Waals surface area contributed by atoms with E-state index in [9.17, 15) is 15.3 Å². The molecule has 0 radical (unpaired) electrons. The van der Waals surface area contributed by atoms with Crippen LogP contribution in [-0.2, 0) is 0 Å². The number of nitriles is 2. The van der Waals surface area contributed by atoms with Gasteiger partial charge in [-0.2, -0.15) is 10.5 Å². The Bertz CT molecular complexity index is 1620. The first-order chi connectivity index (χ1) is 17.1. The lowest BCUT2D eigenvalue weighted by molar-refractivity contribution is 0.0919.